The van der Waals surface area contributed by atoms with Gasteiger partial charge in [0, 0.05) is 17.4 Å². The molecule has 1 heterocycles. The van der Waals surface area contributed by atoms with Crippen molar-refractivity contribution in [1.82, 2.24) is 4.57 Å². The van der Waals surface area contributed by atoms with E-state index >= 15 is 0 Å². The van der Waals surface area contributed by atoms with Crippen molar-refractivity contribution in [2.75, 3.05) is 12.5 Å². The maximum atomic E-state index is 5.71. The van der Waals surface area contributed by atoms with E-state index in [0.29, 0.717) is 12.5 Å². The van der Waals surface area contributed by atoms with Crippen LogP contribution in [0.15, 0.2) is 72.8 Å². The Labute approximate surface area is 171 Å². The average Bonchev–Trinajstić information content (AvgIpc) is 2.99. The predicted molar refractivity (Wildman–Crippen MR) is 119 cm³/mol. The molecule has 0 aliphatic heterocycles. The van der Waals surface area contributed by atoms with Crippen molar-refractivity contribution in [3.05, 3.63) is 89.5 Å². The Morgan fingerprint density at radius 2 is 1.64 bits per heavy atom. The van der Waals surface area contributed by atoms with Gasteiger partial charge in [0.1, 0.15) is 12.4 Å². The Balaban J connectivity index is 1.79. The Morgan fingerprint density at radius 1 is 0.893 bits per heavy atom. The van der Waals surface area contributed by atoms with Crippen molar-refractivity contribution in [1.29, 1.82) is 0 Å². The van der Waals surface area contributed by atoms with Crippen molar-refractivity contribution in [2.45, 2.75) is 20.4 Å². The topological polar surface area (TPSA) is 14.2 Å². The van der Waals surface area contributed by atoms with Crippen LogP contribution in [0.2, 0.25) is 0 Å². The van der Waals surface area contributed by atoms with Crippen LogP contribution in [-0.2, 0) is 6.54 Å². The number of nitrogens with zero attached hydrogens (tertiary/aromatic N) is 1. The molecular weight excluding hydrogens is 366 g/mol. The molecule has 0 N–H and O–H groups in total. The van der Waals surface area contributed by atoms with Crippen LogP contribution >= 0.6 is 11.6 Å². The van der Waals surface area contributed by atoms with Gasteiger partial charge in [-0.15, -0.1) is 11.6 Å². The lowest BCUT2D eigenvalue weighted by Crippen LogP contribution is -2.03. The third-order valence-corrected chi connectivity index (χ3v) is 5.28. The van der Waals surface area contributed by atoms with E-state index in [2.05, 4.69) is 79.1 Å². The molecule has 0 amide bonds. The summed E-state index contributed by atoms with van der Waals surface area (Å²) in [5.74, 6) is 1.35. The van der Waals surface area contributed by atoms with Crippen LogP contribution in [0, 0.1) is 13.8 Å². The second kappa shape index (κ2) is 8.12. The van der Waals surface area contributed by atoms with E-state index in [0.717, 1.165) is 12.3 Å². The fraction of sp³-hybridized carbons (Fsp3) is 0.200. The molecule has 0 atom stereocenters. The number of alkyl halides is 1. The van der Waals surface area contributed by atoms with Gasteiger partial charge in [0.05, 0.1) is 11.6 Å². The van der Waals surface area contributed by atoms with Gasteiger partial charge in [0.15, 0.2) is 0 Å². The number of hydrogen-bond donors (Lipinski definition) is 0. The van der Waals surface area contributed by atoms with Crippen LogP contribution in [0.25, 0.3) is 22.2 Å². The van der Waals surface area contributed by atoms with Crippen LogP contribution in [0.1, 0.15) is 16.7 Å². The molecule has 142 valence electrons. The van der Waals surface area contributed by atoms with E-state index in [-0.39, 0.29) is 0 Å². The molecule has 3 heteroatoms. The molecule has 4 aromatic rings. The van der Waals surface area contributed by atoms with Crippen molar-refractivity contribution >= 4 is 22.5 Å². The lowest BCUT2D eigenvalue weighted by atomic mass is 10.1. The van der Waals surface area contributed by atoms with Gasteiger partial charge in [-0.25, -0.2) is 0 Å². The minimum Gasteiger partial charge on any atom is -0.492 e. The molecule has 0 aliphatic carbocycles. The fourth-order valence-electron chi connectivity index (χ4n) is 3.80. The van der Waals surface area contributed by atoms with Gasteiger partial charge in [-0.1, -0.05) is 54.1 Å². The first-order chi connectivity index (χ1) is 13.7. The lowest BCUT2D eigenvalue weighted by Gasteiger charge is -2.13. The third kappa shape index (κ3) is 3.65. The zero-order valence-corrected chi connectivity index (χ0v) is 17.0. The molecule has 0 unspecified atom stereocenters. The first-order valence-electron chi connectivity index (χ1n) is 9.60. The molecule has 0 spiro atoms. The van der Waals surface area contributed by atoms with E-state index in [1.165, 1.54) is 38.9 Å². The second-order valence-electron chi connectivity index (χ2n) is 7.13. The van der Waals surface area contributed by atoms with Gasteiger partial charge in [-0.3, -0.25) is 0 Å². The smallest absolute Gasteiger partial charge is 0.119 e. The first-order valence-corrected chi connectivity index (χ1v) is 10.1. The molecular formula is C25H24ClNO. The van der Waals surface area contributed by atoms with E-state index < -0.39 is 0 Å². The van der Waals surface area contributed by atoms with Gasteiger partial charge in [0.25, 0.3) is 0 Å². The molecule has 0 bridgehead atoms. The number of fused-ring (bicyclic) bond motifs is 1. The minimum atomic E-state index is 0.496. The van der Waals surface area contributed by atoms with Crippen molar-refractivity contribution in [2.24, 2.45) is 0 Å². The summed E-state index contributed by atoms with van der Waals surface area (Å²) in [6.45, 7) is 5.72. The molecule has 28 heavy (non-hydrogen) atoms. The quantitative estimate of drug-likeness (QED) is 0.339. The van der Waals surface area contributed by atoms with Gasteiger partial charge < -0.3 is 9.30 Å². The standard InChI is InChI=1S/C25H24ClNO/c1-18-8-13-24-23(16-18)19(2)25(21-6-4-3-5-7-21)27(24)17-20-9-11-22(12-10-20)28-15-14-26/h3-13,16H,14-15,17H2,1-2H3. The number of aromatic nitrogens is 1. The normalized spacial score (nSPS) is 11.1. The molecule has 0 radical (unpaired) electrons. The molecule has 3 aromatic carbocycles. The summed E-state index contributed by atoms with van der Waals surface area (Å²) in [5, 5.41) is 1.32. The third-order valence-electron chi connectivity index (χ3n) is 5.13. The summed E-state index contributed by atoms with van der Waals surface area (Å²) in [5.41, 5.74) is 7.65. The number of aryl methyl sites for hydroxylation is 2. The summed E-state index contributed by atoms with van der Waals surface area (Å²) in [7, 11) is 0. The van der Waals surface area contributed by atoms with Crippen LogP contribution < -0.4 is 4.74 Å². The number of halogens is 1. The van der Waals surface area contributed by atoms with Crippen molar-refractivity contribution < 1.29 is 4.74 Å². The molecule has 0 aliphatic rings. The first kappa shape index (κ1) is 18.6. The summed E-state index contributed by atoms with van der Waals surface area (Å²) in [6.07, 6.45) is 0. The summed E-state index contributed by atoms with van der Waals surface area (Å²) in [6, 6.07) is 25.7. The minimum absolute atomic E-state index is 0.496. The van der Waals surface area contributed by atoms with Crippen LogP contribution in [-0.4, -0.2) is 17.1 Å². The maximum Gasteiger partial charge on any atom is 0.119 e. The van der Waals surface area contributed by atoms with Crippen LogP contribution in [0.3, 0.4) is 0 Å². The van der Waals surface area contributed by atoms with E-state index in [9.17, 15) is 0 Å². The zero-order chi connectivity index (χ0) is 19.5. The van der Waals surface area contributed by atoms with Gasteiger partial charge in [-0.05, 0) is 54.8 Å². The molecule has 0 fully saturated rings. The Kier molecular flexibility index (Phi) is 5.40. The fourth-order valence-corrected chi connectivity index (χ4v) is 3.88. The van der Waals surface area contributed by atoms with E-state index in [4.69, 9.17) is 16.3 Å². The largest absolute Gasteiger partial charge is 0.492 e. The maximum absolute atomic E-state index is 5.71. The van der Waals surface area contributed by atoms with Gasteiger partial charge in [0.2, 0.25) is 0 Å². The Morgan fingerprint density at radius 3 is 2.36 bits per heavy atom. The Hall–Kier alpha value is -2.71. The van der Waals surface area contributed by atoms with E-state index in [1.807, 2.05) is 12.1 Å². The molecule has 0 saturated heterocycles. The molecule has 1 aromatic heterocycles. The lowest BCUT2D eigenvalue weighted by molar-refractivity contribution is 0.342. The summed E-state index contributed by atoms with van der Waals surface area (Å²) >= 11 is 5.71. The van der Waals surface area contributed by atoms with Crippen LogP contribution in [0.5, 0.6) is 5.75 Å². The SMILES string of the molecule is Cc1ccc2c(c1)c(C)c(-c1ccccc1)n2Cc1ccc(OCCCl)cc1. The second-order valence-corrected chi connectivity index (χ2v) is 7.51. The number of rotatable bonds is 6. The van der Waals surface area contributed by atoms with E-state index in [1.54, 1.807) is 0 Å². The highest BCUT2D eigenvalue weighted by atomic mass is 35.5. The highest BCUT2D eigenvalue weighted by molar-refractivity contribution is 6.18. The monoisotopic (exact) mass is 389 g/mol. The van der Waals surface area contributed by atoms with Gasteiger partial charge in [-0.2, -0.15) is 0 Å². The number of ether oxygens (including phenoxy) is 1. The molecule has 2 nitrogen and oxygen atoms in total. The molecule has 0 saturated carbocycles. The van der Waals surface area contributed by atoms with Gasteiger partial charge >= 0.3 is 0 Å². The number of benzene rings is 3. The predicted octanol–water partition coefficient (Wildman–Crippen LogP) is 6.59. The summed E-state index contributed by atoms with van der Waals surface area (Å²) in [4.78, 5) is 0. The zero-order valence-electron chi connectivity index (χ0n) is 16.3. The van der Waals surface area contributed by atoms with Crippen LogP contribution in [0.4, 0.5) is 0 Å². The molecule has 4 rings (SSSR count). The average molecular weight is 390 g/mol. The van der Waals surface area contributed by atoms with Crippen molar-refractivity contribution in [3.63, 3.8) is 0 Å². The van der Waals surface area contributed by atoms with Crippen molar-refractivity contribution in [3.8, 4) is 17.0 Å². The highest BCUT2D eigenvalue weighted by Crippen LogP contribution is 2.34. The Bertz CT molecular complexity index is 1080. The highest BCUT2D eigenvalue weighted by Gasteiger charge is 2.16. The summed E-state index contributed by atoms with van der Waals surface area (Å²) < 4.78 is 8.03. The number of hydrogen-bond acceptors (Lipinski definition) is 1.